The third-order valence-corrected chi connectivity index (χ3v) is 3.98. The van der Waals surface area contributed by atoms with Crippen LogP contribution in [-0.2, 0) is 14.2 Å². The molecule has 1 atom stereocenters. The summed E-state index contributed by atoms with van der Waals surface area (Å²) in [6.07, 6.45) is 6.19. The molecule has 0 bridgehead atoms. The summed E-state index contributed by atoms with van der Waals surface area (Å²) < 4.78 is 16.7. The largest absolute Gasteiger partial charge is 0.494 e. The molecule has 0 amide bonds. The number of likely N-dealkylation sites (N-methyl/N-ethyl adjacent to an activating group) is 1. The highest BCUT2D eigenvalue weighted by molar-refractivity contribution is 5.41. The Morgan fingerprint density at radius 2 is 2.05 bits per heavy atom. The minimum Gasteiger partial charge on any atom is -0.494 e. The van der Waals surface area contributed by atoms with E-state index in [4.69, 9.17) is 14.2 Å². The van der Waals surface area contributed by atoms with Crippen molar-refractivity contribution in [2.24, 2.45) is 0 Å². The second-order valence-corrected chi connectivity index (χ2v) is 5.34. The highest BCUT2D eigenvalue weighted by atomic mass is 16.7. The molecule has 2 rings (SSSR count). The molecule has 0 aromatic heterocycles. The van der Waals surface area contributed by atoms with Crippen LogP contribution in [0.5, 0.6) is 0 Å². The van der Waals surface area contributed by atoms with E-state index >= 15 is 0 Å². The quantitative estimate of drug-likeness (QED) is 0.739. The Morgan fingerprint density at radius 3 is 2.63 bits per heavy atom. The molecule has 0 aromatic carbocycles. The third-order valence-electron chi connectivity index (χ3n) is 3.98. The number of allylic oxidation sites excluding steroid dienone is 1. The first-order chi connectivity index (χ1) is 9.08. The second kappa shape index (κ2) is 6.07. The van der Waals surface area contributed by atoms with Crippen LogP contribution in [0.25, 0.3) is 0 Å². The van der Waals surface area contributed by atoms with Crippen molar-refractivity contribution in [3.8, 4) is 0 Å². The van der Waals surface area contributed by atoms with E-state index in [-0.39, 0.29) is 11.8 Å². The van der Waals surface area contributed by atoms with E-state index in [1.807, 2.05) is 6.92 Å². The monoisotopic (exact) mass is 267 g/mol. The van der Waals surface area contributed by atoms with Gasteiger partial charge in [0.1, 0.15) is 5.76 Å². The van der Waals surface area contributed by atoms with Crippen LogP contribution in [0.2, 0.25) is 0 Å². The topological polar surface area (TPSA) is 30.9 Å². The Balaban J connectivity index is 2.07. The van der Waals surface area contributed by atoms with Gasteiger partial charge >= 0.3 is 0 Å². The zero-order valence-electron chi connectivity index (χ0n) is 12.4. The molecule has 0 radical (unpaired) electrons. The number of hydrogen-bond acceptors (Lipinski definition) is 4. The molecule has 19 heavy (non-hydrogen) atoms. The van der Waals surface area contributed by atoms with E-state index in [0.717, 1.165) is 18.6 Å². The number of hydrogen-bond donors (Lipinski definition) is 0. The lowest BCUT2D eigenvalue weighted by molar-refractivity contribution is -0.0523. The molecule has 1 unspecified atom stereocenters. The normalized spacial score (nSPS) is 27.8. The second-order valence-electron chi connectivity index (χ2n) is 5.34. The number of nitrogens with zero attached hydrogens (tertiary/aromatic N) is 1. The van der Waals surface area contributed by atoms with Crippen molar-refractivity contribution in [3.63, 3.8) is 0 Å². The van der Waals surface area contributed by atoms with Crippen molar-refractivity contribution in [1.29, 1.82) is 0 Å². The fourth-order valence-corrected chi connectivity index (χ4v) is 2.87. The number of ether oxygens (including phenoxy) is 3. The maximum Gasteiger partial charge on any atom is 0.157 e. The predicted octanol–water partition coefficient (Wildman–Crippen LogP) is 2.32. The first-order valence-electron chi connectivity index (χ1n) is 7.03. The first-order valence-corrected chi connectivity index (χ1v) is 7.03. The van der Waals surface area contributed by atoms with Crippen LogP contribution in [0.1, 0.15) is 26.7 Å². The maximum absolute atomic E-state index is 5.65. The average molecular weight is 267 g/mol. The van der Waals surface area contributed by atoms with Crippen molar-refractivity contribution in [2.45, 2.75) is 38.5 Å². The average Bonchev–Trinajstić information content (AvgIpc) is 2.96. The molecule has 0 N–H and O–H groups in total. The standard InChI is InChI=1S/C15H25NO3/c1-5-17-13-10-12(2)15(11-13,16(3)4)7-6-14-18-8-9-19-14/h10-11,14H,5-9H2,1-4H3. The summed E-state index contributed by atoms with van der Waals surface area (Å²) in [5.41, 5.74) is 1.25. The first kappa shape index (κ1) is 14.6. The van der Waals surface area contributed by atoms with Crippen molar-refractivity contribution in [1.82, 2.24) is 4.90 Å². The van der Waals surface area contributed by atoms with Gasteiger partial charge in [0.25, 0.3) is 0 Å². The van der Waals surface area contributed by atoms with Gasteiger partial charge in [-0.2, -0.15) is 0 Å². The van der Waals surface area contributed by atoms with E-state index in [1.165, 1.54) is 5.57 Å². The maximum atomic E-state index is 5.65. The molecule has 1 saturated heterocycles. The molecule has 108 valence electrons. The minimum atomic E-state index is -0.0696. The molecule has 1 aliphatic carbocycles. The van der Waals surface area contributed by atoms with Crippen LogP contribution in [0, 0.1) is 0 Å². The molecular weight excluding hydrogens is 242 g/mol. The molecule has 4 heteroatoms. The SMILES string of the molecule is CCOC1=CC(CCC2OCCO2)(N(C)C)C(C)=C1. The summed E-state index contributed by atoms with van der Waals surface area (Å²) in [7, 11) is 4.22. The fourth-order valence-electron chi connectivity index (χ4n) is 2.87. The van der Waals surface area contributed by atoms with Crippen LogP contribution < -0.4 is 0 Å². The van der Waals surface area contributed by atoms with Gasteiger partial charge in [-0.15, -0.1) is 0 Å². The Morgan fingerprint density at radius 1 is 1.37 bits per heavy atom. The van der Waals surface area contributed by atoms with E-state index in [2.05, 4.69) is 38.1 Å². The summed E-state index contributed by atoms with van der Waals surface area (Å²) in [4.78, 5) is 2.25. The third kappa shape index (κ3) is 3.02. The molecule has 1 fully saturated rings. The summed E-state index contributed by atoms with van der Waals surface area (Å²) >= 11 is 0. The summed E-state index contributed by atoms with van der Waals surface area (Å²) in [6, 6.07) is 0. The lowest BCUT2D eigenvalue weighted by Gasteiger charge is -2.37. The van der Waals surface area contributed by atoms with Crippen LogP contribution >= 0.6 is 0 Å². The van der Waals surface area contributed by atoms with Crippen LogP contribution in [-0.4, -0.2) is 50.6 Å². The van der Waals surface area contributed by atoms with Gasteiger partial charge in [0.2, 0.25) is 0 Å². The highest BCUT2D eigenvalue weighted by Crippen LogP contribution is 2.37. The molecule has 0 aromatic rings. The zero-order valence-corrected chi connectivity index (χ0v) is 12.4. The van der Waals surface area contributed by atoms with Gasteiger partial charge in [-0.05, 0) is 52.1 Å². The Hall–Kier alpha value is -0.840. The van der Waals surface area contributed by atoms with Crippen LogP contribution in [0.4, 0.5) is 0 Å². The Labute approximate surface area is 116 Å². The van der Waals surface area contributed by atoms with Gasteiger partial charge in [0, 0.05) is 6.42 Å². The van der Waals surface area contributed by atoms with E-state index < -0.39 is 0 Å². The molecule has 0 saturated carbocycles. The van der Waals surface area contributed by atoms with Gasteiger partial charge < -0.3 is 14.2 Å². The predicted molar refractivity (Wildman–Crippen MR) is 74.8 cm³/mol. The van der Waals surface area contributed by atoms with Gasteiger partial charge in [0.15, 0.2) is 6.29 Å². The molecular formula is C15H25NO3. The minimum absolute atomic E-state index is 0.0471. The number of rotatable bonds is 6. The molecule has 2 aliphatic rings. The summed E-state index contributed by atoms with van der Waals surface area (Å²) in [6.45, 7) is 6.32. The van der Waals surface area contributed by atoms with Gasteiger partial charge in [-0.25, -0.2) is 0 Å². The van der Waals surface area contributed by atoms with Crippen molar-refractivity contribution in [3.05, 3.63) is 23.5 Å². The van der Waals surface area contributed by atoms with Gasteiger partial charge in [-0.3, -0.25) is 4.90 Å². The van der Waals surface area contributed by atoms with Crippen molar-refractivity contribution >= 4 is 0 Å². The molecule has 1 aliphatic heterocycles. The fraction of sp³-hybridized carbons (Fsp3) is 0.733. The molecule has 4 nitrogen and oxygen atoms in total. The van der Waals surface area contributed by atoms with Crippen molar-refractivity contribution in [2.75, 3.05) is 33.9 Å². The van der Waals surface area contributed by atoms with Gasteiger partial charge in [-0.1, -0.05) is 0 Å². The van der Waals surface area contributed by atoms with Gasteiger partial charge in [0.05, 0.1) is 25.4 Å². The van der Waals surface area contributed by atoms with Crippen molar-refractivity contribution < 1.29 is 14.2 Å². The van der Waals surface area contributed by atoms with Crippen LogP contribution in [0.15, 0.2) is 23.5 Å². The van der Waals surface area contributed by atoms with E-state index in [0.29, 0.717) is 19.8 Å². The highest BCUT2D eigenvalue weighted by Gasteiger charge is 2.37. The Bertz CT molecular complexity index is 370. The van der Waals surface area contributed by atoms with E-state index in [1.54, 1.807) is 0 Å². The lowest BCUT2D eigenvalue weighted by Crippen LogP contribution is -2.43. The Kier molecular flexibility index (Phi) is 4.66. The van der Waals surface area contributed by atoms with E-state index in [9.17, 15) is 0 Å². The summed E-state index contributed by atoms with van der Waals surface area (Å²) in [5.74, 6) is 0.974. The summed E-state index contributed by atoms with van der Waals surface area (Å²) in [5, 5.41) is 0. The molecule has 1 heterocycles. The zero-order chi connectivity index (χ0) is 13.9. The molecule has 0 spiro atoms. The lowest BCUT2D eigenvalue weighted by atomic mass is 9.87. The smallest absolute Gasteiger partial charge is 0.157 e. The van der Waals surface area contributed by atoms with Crippen LogP contribution in [0.3, 0.4) is 0 Å².